The third-order valence-electron chi connectivity index (χ3n) is 3.67. The minimum absolute atomic E-state index is 0.0312. The van der Waals surface area contributed by atoms with E-state index in [1.807, 2.05) is 0 Å². The molecule has 1 aliphatic heterocycles. The van der Waals surface area contributed by atoms with Crippen molar-refractivity contribution in [1.29, 1.82) is 0 Å². The summed E-state index contributed by atoms with van der Waals surface area (Å²) in [5, 5.41) is 4.69. The molecule has 2 rings (SSSR count). The summed E-state index contributed by atoms with van der Waals surface area (Å²) in [6, 6.07) is 3.07. The lowest BCUT2D eigenvalue weighted by atomic mass is 10.2. The van der Waals surface area contributed by atoms with Crippen molar-refractivity contribution in [3.05, 3.63) is 29.6 Å². The summed E-state index contributed by atoms with van der Waals surface area (Å²) in [6.45, 7) is 0.358. The number of halogens is 1. The maximum Gasteiger partial charge on any atom is 0.251 e. The van der Waals surface area contributed by atoms with E-state index in [1.54, 1.807) is 0 Å². The number of hydrogen-bond donors (Lipinski definition) is 2. The van der Waals surface area contributed by atoms with Crippen molar-refractivity contribution in [2.24, 2.45) is 0 Å². The van der Waals surface area contributed by atoms with E-state index in [2.05, 4.69) is 16.6 Å². The van der Waals surface area contributed by atoms with Gasteiger partial charge in [-0.25, -0.2) is 12.8 Å². The summed E-state index contributed by atoms with van der Waals surface area (Å²) >= 11 is 0. The van der Waals surface area contributed by atoms with Gasteiger partial charge in [-0.3, -0.25) is 9.59 Å². The van der Waals surface area contributed by atoms with Crippen LogP contribution in [-0.2, 0) is 14.8 Å². The Morgan fingerprint density at radius 3 is 2.56 bits per heavy atom. The Balaban J connectivity index is 2.14. The molecule has 134 valence electrons. The second kappa shape index (κ2) is 8.09. The van der Waals surface area contributed by atoms with Gasteiger partial charge in [0.1, 0.15) is 10.7 Å². The molecular formula is C16H18FN3O4S. The molecule has 1 aliphatic rings. The highest BCUT2D eigenvalue weighted by Crippen LogP contribution is 2.24. The molecule has 2 N–H and O–H groups in total. The molecule has 2 amide bonds. The van der Waals surface area contributed by atoms with Crippen LogP contribution in [0.4, 0.5) is 4.39 Å². The number of carbonyl (C=O) groups excluding carboxylic acids is 2. The van der Waals surface area contributed by atoms with Crippen LogP contribution in [0.25, 0.3) is 0 Å². The van der Waals surface area contributed by atoms with Crippen molar-refractivity contribution in [3.8, 4) is 12.3 Å². The second-order valence-corrected chi connectivity index (χ2v) is 7.33. The number of amides is 2. The normalized spacial score (nSPS) is 14.7. The lowest BCUT2D eigenvalue weighted by Crippen LogP contribution is -2.37. The number of sulfonamides is 1. The van der Waals surface area contributed by atoms with Crippen molar-refractivity contribution in [1.82, 2.24) is 14.9 Å². The summed E-state index contributed by atoms with van der Waals surface area (Å²) < 4.78 is 40.2. The van der Waals surface area contributed by atoms with Crippen LogP contribution >= 0.6 is 0 Å². The summed E-state index contributed by atoms with van der Waals surface area (Å²) in [5.74, 6) is 0.122. The molecule has 9 heteroatoms. The van der Waals surface area contributed by atoms with Crippen LogP contribution in [0.5, 0.6) is 0 Å². The molecule has 25 heavy (non-hydrogen) atoms. The van der Waals surface area contributed by atoms with Gasteiger partial charge in [0.05, 0.1) is 13.1 Å². The number of rotatable bonds is 6. The maximum atomic E-state index is 14.0. The van der Waals surface area contributed by atoms with Gasteiger partial charge in [0.25, 0.3) is 5.91 Å². The molecule has 0 atom stereocenters. The zero-order valence-corrected chi connectivity index (χ0v) is 14.2. The molecule has 0 aliphatic carbocycles. The highest BCUT2D eigenvalue weighted by molar-refractivity contribution is 7.89. The Morgan fingerprint density at radius 2 is 1.92 bits per heavy atom. The molecule has 1 fully saturated rings. The van der Waals surface area contributed by atoms with Crippen LogP contribution in [0.3, 0.4) is 0 Å². The second-order valence-electron chi connectivity index (χ2n) is 5.42. The Kier molecular flexibility index (Phi) is 6.12. The van der Waals surface area contributed by atoms with Gasteiger partial charge in [-0.2, -0.15) is 4.31 Å². The summed E-state index contributed by atoms with van der Waals surface area (Å²) in [7, 11) is -3.99. The monoisotopic (exact) mass is 367 g/mol. The standard InChI is InChI=1S/C16H18FN3O4S/c1-2-7-18-15(21)11-19-16(22)12-5-6-13(17)14(10-12)25(23,24)20-8-3-4-9-20/h1,5-6,10H,3-4,7-9,11H2,(H,18,21)(H,19,22). The van der Waals surface area contributed by atoms with Gasteiger partial charge >= 0.3 is 0 Å². The third kappa shape index (κ3) is 4.55. The number of terminal acetylenes is 1. The van der Waals surface area contributed by atoms with E-state index in [9.17, 15) is 22.4 Å². The van der Waals surface area contributed by atoms with E-state index < -0.39 is 32.6 Å². The first-order valence-corrected chi connectivity index (χ1v) is 9.08. The van der Waals surface area contributed by atoms with Crippen molar-refractivity contribution >= 4 is 21.8 Å². The Morgan fingerprint density at radius 1 is 1.24 bits per heavy atom. The number of nitrogens with one attached hydrogen (secondary N) is 2. The highest BCUT2D eigenvalue weighted by atomic mass is 32.2. The fraction of sp³-hybridized carbons (Fsp3) is 0.375. The van der Waals surface area contributed by atoms with Gasteiger partial charge < -0.3 is 10.6 Å². The van der Waals surface area contributed by atoms with Gasteiger partial charge in [0.2, 0.25) is 15.9 Å². The molecule has 0 spiro atoms. The molecule has 1 aromatic carbocycles. The lowest BCUT2D eigenvalue weighted by molar-refractivity contribution is -0.119. The molecular weight excluding hydrogens is 349 g/mol. The molecule has 1 aromatic rings. The first-order valence-electron chi connectivity index (χ1n) is 7.64. The average molecular weight is 367 g/mol. The number of benzene rings is 1. The minimum atomic E-state index is -3.99. The highest BCUT2D eigenvalue weighted by Gasteiger charge is 2.30. The number of nitrogens with zero attached hydrogens (tertiary/aromatic N) is 1. The molecule has 7 nitrogen and oxygen atoms in total. The third-order valence-corrected chi connectivity index (χ3v) is 5.59. The zero-order chi connectivity index (χ0) is 18.4. The first kappa shape index (κ1) is 18.9. The fourth-order valence-electron chi connectivity index (χ4n) is 2.38. The molecule has 0 aromatic heterocycles. The van der Waals surface area contributed by atoms with Gasteiger partial charge in [-0.1, -0.05) is 5.92 Å². The quantitative estimate of drug-likeness (QED) is 0.697. The van der Waals surface area contributed by atoms with Crippen molar-refractivity contribution < 1.29 is 22.4 Å². The van der Waals surface area contributed by atoms with Gasteiger partial charge in [-0.05, 0) is 31.0 Å². The van der Waals surface area contributed by atoms with Crippen LogP contribution in [0, 0.1) is 18.2 Å². The van der Waals surface area contributed by atoms with E-state index in [1.165, 1.54) is 4.31 Å². The fourth-order valence-corrected chi connectivity index (χ4v) is 3.99. The smallest absolute Gasteiger partial charge is 0.251 e. The largest absolute Gasteiger partial charge is 0.344 e. The first-order chi connectivity index (χ1) is 11.9. The predicted molar refractivity (Wildman–Crippen MR) is 88.6 cm³/mol. The number of hydrogen-bond acceptors (Lipinski definition) is 4. The molecule has 0 saturated carbocycles. The molecule has 0 unspecified atom stereocenters. The molecule has 1 saturated heterocycles. The van der Waals surface area contributed by atoms with E-state index in [4.69, 9.17) is 6.42 Å². The van der Waals surface area contributed by atoms with Gasteiger partial charge in [0, 0.05) is 18.7 Å². The number of carbonyl (C=O) groups is 2. The van der Waals surface area contributed by atoms with Crippen LogP contribution in [-0.4, -0.2) is 50.7 Å². The zero-order valence-electron chi connectivity index (χ0n) is 13.4. The molecule has 0 bridgehead atoms. The van der Waals surface area contributed by atoms with E-state index in [-0.39, 0.29) is 18.7 Å². The van der Waals surface area contributed by atoms with Crippen molar-refractivity contribution in [2.75, 3.05) is 26.2 Å². The SMILES string of the molecule is C#CCNC(=O)CNC(=O)c1ccc(F)c(S(=O)(=O)N2CCCC2)c1. The van der Waals surface area contributed by atoms with Gasteiger partial charge in [0.15, 0.2) is 0 Å². The molecule has 0 radical (unpaired) electrons. The van der Waals surface area contributed by atoms with Crippen LogP contribution < -0.4 is 10.6 Å². The average Bonchev–Trinajstić information content (AvgIpc) is 3.13. The van der Waals surface area contributed by atoms with Crippen molar-refractivity contribution in [3.63, 3.8) is 0 Å². The molecule has 1 heterocycles. The van der Waals surface area contributed by atoms with E-state index >= 15 is 0 Å². The Hall–Kier alpha value is -2.44. The Labute approximate surface area is 145 Å². The maximum absolute atomic E-state index is 14.0. The summed E-state index contributed by atoms with van der Waals surface area (Å²) in [5.41, 5.74) is -0.0519. The topological polar surface area (TPSA) is 95.6 Å². The predicted octanol–water partition coefficient (Wildman–Crippen LogP) is 0.0894. The van der Waals surface area contributed by atoms with Crippen LogP contribution in [0.1, 0.15) is 23.2 Å². The van der Waals surface area contributed by atoms with E-state index in [0.29, 0.717) is 25.9 Å². The van der Waals surface area contributed by atoms with E-state index in [0.717, 1.165) is 18.2 Å². The van der Waals surface area contributed by atoms with Crippen LogP contribution in [0.2, 0.25) is 0 Å². The summed E-state index contributed by atoms with van der Waals surface area (Å²) in [6.07, 6.45) is 6.43. The van der Waals surface area contributed by atoms with Crippen LogP contribution in [0.15, 0.2) is 23.1 Å². The lowest BCUT2D eigenvalue weighted by Gasteiger charge is -2.16. The minimum Gasteiger partial charge on any atom is -0.344 e. The Bertz CT molecular complexity index is 811. The van der Waals surface area contributed by atoms with Gasteiger partial charge in [-0.15, -0.1) is 6.42 Å². The van der Waals surface area contributed by atoms with Crippen molar-refractivity contribution in [2.45, 2.75) is 17.7 Å². The summed E-state index contributed by atoms with van der Waals surface area (Å²) in [4.78, 5) is 22.9.